The highest BCUT2D eigenvalue weighted by Crippen LogP contribution is 2.43. The lowest BCUT2D eigenvalue weighted by Crippen LogP contribution is -2.09. The topological polar surface area (TPSA) is 60.7 Å². The molecule has 0 fully saturated rings. The summed E-state index contributed by atoms with van der Waals surface area (Å²) in [7, 11) is 0. The van der Waals surface area contributed by atoms with Crippen LogP contribution in [0.2, 0.25) is 0 Å². The summed E-state index contributed by atoms with van der Waals surface area (Å²) in [6, 6.07) is 70.0. The average Bonchev–Trinajstić information content (AvgIpc) is 3.80. The minimum absolute atomic E-state index is 0.474. The molecule has 2 aromatic heterocycles. The van der Waals surface area contributed by atoms with Crippen LogP contribution < -0.4 is 4.90 Å². The van der Waals surface area contributed by atoms with Gasteiger partial charge >= 0.3 is 0 Å². The number of rotatable bonds is 5. The first kappa shape index (κ1) is 32.3. The Kier molecular flexibility index (Phi) is 7.22. The first-order valence-electron chi connectivity index (χ1n) is 19.0. The molecule has 0 saturated heterocycles. The molecule has 5 nitrogen and oxygen atoms in total. The number of para-hydroxylation sites is 3. The van der Waals surface area contributed by atoms with Gasteiger partial charge in [0.25, 0.3) is 0 Å². The standard InChI is InChI=1S/C52H31N5/c53-32-36-30-50(37(33-54)29-49(36)56-45-22-12-11-21-43(45)51-41-19-9-7-13-34(41)23-26-47(51)56)57-46-28-25-40(55(38-15-3-1-4-16-38)39-17-5-2-6-18-39)31-44(46)52-42-20-10-8-14-35(42)24-27-48(52)57/h1-31H. The largest absolute Gasteiger partial charge is 0.310 e. The predicted octanol–water partition coefficient (Wildman–Crippen LogP) is 13.4. The van der Waals surface area contributed by atoms with E-state index in [9.17, 15) is 10.5 Å². The second-order valence-electron chi connectivity index (χ2n) is 14.4. The fourth-order valence-corrected chi connectivity index (χ4v) is 8.90. The van der Waals surface area contributed by atoms with Crippen molar-refractivity contribution in [2.75, 3.05) is 4.90 Å². The molecule has 11 rings (SSSR count). The zero-order valence-electron chi connectivity index (χ0n) is 30.6. The Bertz CT molecular complexity index is 3450. The Balaban J connectivity index is 1.20. The summed E-state index contributed by atoms with van der Waals surface area (Å²) in [6.07, 6.45) is 0. The molecule has 0 spiro atoms. The van der Waals surface area contributed by atoms with Gasteiger partial charge in [-0.15, -0.1) is 0 Å². The van der Waals surface area contributed by atoms with Crippen LogP contribution in [0.5, 0.6) is 0 Å². The first-order chi connectivity index (χ1) is 28.2. The van der Waals surface area contributed by atoms with Crippen molar-refractivity contribution < 1.29 is 0 Å². The molecule has 57 heavy (non-hydrogen) atoms. The van der Waals surface area contributed by atoms with Crippen molar-refractivity contribution in [3.05, 3.63) is 199 Å². The average molecular weight is 726 g/mol. The van der Waals surface area contributed by atoms with Crippen molar-refractivity contribution in [3.8, 4) is 23.5 Å². The van der Waals surface area contributed by atoms with Crippen LogP contribution in [0.3, 0.4) is 0 Å². The monoisotopic (exact) mass is 725 g/mol. The van der Waals surface area contributed by atoms with E-state index >= 15 is 0 Å². The predicted molar refractivity (Wildman–Crippen MR) is 234 cm³/mol. The van der Waals surface area contributed by atoms with Crippen molar-refractivity contribution in [2.24, 2.45) is 0 Å². The molecule has 11 aromatic rings. The maximum absolute atomic E-state index is 11.0. The van der Waals surface area contributed by atoms with Gasteiger partial charge in [0.05, 0.1) is 44.6 Å². The number of anilines is 3. The molecule has 0 bridgehead atoms. The number of benzene rings is 9. The summed E-state index contributed by atoms with van der Waals surface area (Å²) < 4.78 is 4.31. The van der Waals surface area contributed by atoms with Crippen molar-refractivity contribution >= 4 is 82.2 Å². The fraction of sp³-hybridized carbons (Fsp3) is 0. The Morgan fingerprint density at radius 3 is 1.33 bits per heavy atom. The maximum Gasteiger partial charge on any atom is 0.101 e. The van der Waals surface area contributed by atoms with Crippen LogP contribution in [0.25, 0.3) is 76.5 Å². The summed E-state index contributed by atoms with van der Waals surface area (Å²) in [5.41, 5.74) is 9.28. The molecule has 0 atom stereocenters. The van der Waals surface area contributed by atoms with Crippen molar-refractivity contribution in [1.82, 2.24) is 9.13 Å². The normalized spacial score (nSPS) is 11.5. The molecule has 0 amide bonds. The SMILES string of the molecule is N#Cc1cc(-n2c3ccc(N(c4ccccc4)c4ccccc4)cc3c3c4ccccc4ccc32)c(C#N)cc1-n1c2ccccc2c2c3ccccc3ccc21. The molecule has 0 N–H and O–H groups in total. The van der Waals surface area contributed by atoms with Gasteiger partial charge in [-0.05, 0) is 94.3 Å². The molecular formula is C52H31N5. The van der Waals surface area contributed by atoms with Gasteiger partial charge in [-0.2, -0.15) is 10.5 Å². The number of hydrogen-bond donors (Lipinski definition) is 0. The number of nitrogens with zero attached hydrogens (tertiary/aromatic N) is 5. The van der Waals surface area contributed by atoms with E-state index in [-0.39, 0.29) is 0 Å². The smallest absolute Gasteiger partial charge is 0.101 e. The van der Waals surface area contributed by atoms with Crippen molar-refractivity contribution in [3.63, 3.8) is 0 Å². The lowest BCUT2D eigenvalue weighted by atomic mass is 10.0. The number of hydrogen-bond acceptors (Lipinski definition) is 3. The van der Waals surface area contributed by atoms with Gasteiger partial charge in [0, 0.05) is 38.6 Å². The summed E-state index contributed by atoms with van der Waals surface area (Å²) in [6.45, 7) is 0. The van der Waals surface area contributed by atoms with Crippen LogP contribution in [0.15, 0.2) is 188 Å². The minimum atomic E-state index is 0.474. The van der Waals surface area contributed by atoms with Gasteiger partial charge < -0.3 is 14.0 Å². The van der Waals surface area contributed by atoms with E-state index in [1.165, 1.54) is 0 Å². The van der Waals surface area contributed by atoms with Gasteiger partial charge in [0.2, 0.25) is 0 Å². The molecule has 0 radical (unpaired) electrons. The molecular weight excluding hydrogens is 695 g/mol. The van der Waals surface area contributed by atoms with Crippen LogP contribution in [0.1, 0.15) is 11.1 Å². The van der Waals surface area contributed by atoms with Crippen molar-refractivity contribution in [1.29, 1.82) is 10.5 Å². The maximum atomic E-state index is 11.0. The van der Waals surface area contributed by atoms with E-state index < -0.39 is 0 Å². The third kappa shape index (κ3) is 4.87. The van der Waals surface area contributed by atoms with Gasteiger partial charge in [-0.25, -0.2) is 0 Å². The highest BCUT2D eigenvalue weighted by molar-refractivity contribution is 6.23. The van der Waals surface area contributed by atoms with E-state index in [1.807, 2.05) is 30.3 Å². The van der Waals surface area contributed by atoms with Gasteiger partial charge in [0.1, 0.15) is 12.1 Å². The Hall–Kier alpha value is -8.12. The third-order valence-corrected chi connectivity index (χ3v) is 11.3. The number of fused-ring (bicyclic) bond motifs is 10. The van der Waals surface area contributed by atoms with Gasteiger partial charge in [-0.1, -0.05) is 115 Å². The van der Waals surface area contributed by atoms with E-state index in [4.69, 9.17) is 0 Å². The highest BCUT2D eigenvalue weighted by atomic mass is 15.1. The first-order valence-corrected chi connectivity index (χ1v) is 19.0. The molecule has 0 aliphatic carbocycles. The number of nitriles is 2. The molecule has 5 heteroatoms. The van der Waals surface area contributed by atoms with Crippen LogP contribution in [0, 0.1) is 22.7 Å². The molecule has 0 saturated carbocycles. The van der Waals surface area contributed by atoms with Crippen LogP contribution in [-0.2, 0) is 0 Å². The Morgan fingerprint density at radius 1 is 0.351 bits per heavy atom. The summed E-state index contributed by atoms with van der Waals surface area (Å²) in [5, 5.41) is 30.8. The second-order valence-corrected chi connectivity index (χ2v) is 14.4. The number of aromatic nitrogens is 2. The summed E-state index contributed by atoms with van der Waals surface area (Å²) >= 11 is 0. The molecule has 264 valence electrons. The minimum Gasteiger partial charge on any atom is -0.310 e. The zero-order valence-corrected chi connectivity index (χ0v) is 30.6. The van der Waals surface area contributed by atoms with Crippen molar-refractivity contribution in [2.45, 2.75) is 0 Å². The van der Waals surface area contributed by atoms with E-state index in [0.717, 1.165) is 82.2 Å². The van der Waals surface area contributed by atoms with Crippen LogP contribution in [-0.4, -0.2) is 9.13 Å². The molecule has 0 aliphatic heterocycles. The fourth-order valence-electron chi connectivity index (χ4n) is 8.90. The van der Waals surface area contributed by atoms with Gasteiger partial charge in [0.15, 0.2) is 0 Å². The molecule has 2 heterocycles. The van der Waals surface area contributed by atoms with Gasteiger partial charge in [-0.3, -0.25) is 0 Å². The lowest BCUT2D eigenvalue weighted by Gasteiger charge is -2.25. The second kappa shape index (κ2) is 12.7. The molecule has 0 aliphatic rings. The van der Waals surface area contributed by atoms with Crippen LogP contribution in [0.4, 0.5) is 17.1 Å². The third-order valence-electron chi connectivity index (χ3n) is 11.3. The molecule has 0 unspecified atom stereocenters. The Labute approximate surface area is 328 Å². The summed E-state index contributed by atoms with van der Waals surface area (Å²) in [5.74, 6) is 0. The lowest BCUT2D eigenvalue weighted by molar-refractivity contribution is 1.12. The quantitative estimate of drug-likeness (QED) is 0.177. The van der Waals surface area contributed by atoms with E-state index in [2.05, 4.69) is 184 Å². The zero-order chi connectivity index (χ0) is 38.0. The van der Waals surface area contributed by atoms with E-state index in [1.54, 1.807) is 0 Å². The Morgan fingerprint density at radius 2 is 0.789 bits per heavy atom. The van der Waals surface area contributed by atoms with E-state index in [0.29, 0.717) is 22.5 Å². The highest BCUT2D eigenvalue weighted by Gasteiger charge is 2.23. The van der Waals surface area contributed by atoms with Crippen LogP contribution >= 0.6 is 0 Å². The summed E-state index contributed by atoms with van der Waals surface area (Å²) in [4.78, 5) is 2.27. The molecule has 9 aromatic carbocycles.